The highest BCUT2D eigenvalue weighted by molar-refractivity contribution is 7.84. The van der Waals surface area contributed by atoms with Gasteiger partial charge in [0.2, 0.25) is 0 Å². The minimum atomic E-state index is -0.918. The molecule has 0 aromatic carbocycles. The zero-order chi connectivity index (χ0) is 12.8. The first-order valence-electron chi connectivity index (χ1n) is 5.27. The van der Waals surface area contributed by atoms with Crippen molar-refractivity contribution in [2.24, 2.45) is 0 Å². The van der Waals surface area contributed by atoms with Gasteiger partial charge in [-0.25, -0.2) is 0 Å². The van der Waals surface area contributed by atoms with Crippen molar-refractivity contribution in [3.8, 4) is 0 Å². The van der Waals surface area contributed by atoms with E-state index in [2.05, 4.69) is 15.6 Å². The number of anilines is 1. The van der Waals surface area contributed by atoms with E-state index in [1.165, 1.54) is 0 Å². The lowest BCUT2D eigenvalue weighted by Crippen LogP contribution is -2.36. The van der Waals surface area contributed by atoms with E-state index >= 15 is 0 Å². The monoisotopic (exact) mass is 255 g/mol. The summed E-state index contributed by atoms with van der Waals surface area (Å²) in [7, 11) is 0.816. The Morgan fingerprint density at radius 1 is 1.59 bits per heavy atom. The standard InChI is InChI=1S/C11H17N3O2S/c1-8(7-17(3)16)14-11(15)9-4-5-13-6-10(9)12-2/h4-6,8,12H,7H2,1-3H3,(H,14,15). The lowest BCUT2D eigenvalue weighted by Gasteiger charge is -2.14. The molecule has 0 aliphatic rings. The number of carbonyl (C=O) groups is 1. The first-order valence-corrected chi connectivity index (χ1v) is 7.00. The lowest BCUT2D eigenvalue weighted by atomic mass is 10.2. The highest BCUT2D eigenvalue weighted by Crippen LogP contribution is 2.12. The molecule has 0 radical (unpaired) electrons. The van der Waals surface area contributed by atoms with Gasteiger partial charge >= 0.3 is 0 Å². The van der Waals surface area contributed by atoms with Crippen molar-refractivity contribution in [3.05, 3.63) is 24.0 Å². The van der Waals surface area contributed by atoms with Crippen LogP contribution in [0.15, 0.2) is 18.5 Å². The van der Waals surface area contributed by atoms with Crippen LogP contribution in [0.5, 0.6) is 0 Å². The van der Waals surface area contributed by atoms with E-state index in [9.17, 15) is 9.00 Å². The first-order chi connectivity index (χ1) is 8.04. The molecule has 2 unspecified atom stereocenters. The maximum atomic E-state index is 11.9. The molecule has 1 aromatic rings. The Morgan fingerprint density at radius 3 is 2.88 bits per heavy atom. The van der Waals surface area contributed by atoms with Gasteiger partial charge in [0.05, 0.1) is 17.4 Å². The second kappa shape index (κ2) is 6.34. The predicted molar refractivity (Wildman–Crippen MR) is 69.6 cm³/mol. The van der Waals surface area contributed by atoms with Crippen LogP contribution in [0.2, 0.25) is 0 Å². The van der Waals surface area contributed by atoms with Gasteiger partial charge in [-0.05, 0) is 13.0 Å². The fourth-order valence-electron chi connectivity index (χ4n) is 1.49. The van der Waals surface area contributed by atoms with Crippen molar-refractivity contribution in [1.29, 1.82) is 0 Å². The maximum absolute atomic E-state index is 11.9. The largest absolute Gasteiger partial charge is 0.386 e. The van der Waals surface area contributed by atoms with Gasteiger partial charge in [-0.1, -0.05) is 0 Å². The lowest BCUT2D eigenvalue weighted by molar-refractivity contribution is 0.0944. The minimum absolute atomic E-state index is 0.119. The van der Waals surface area contributed by atoms with Gasteiger partial charge in [0.1, 0.15) is 0 Å². The van der Waals surface area contributed by atoms with Crippen molar-refractivity contribution in [3.63, 3.8) is 0 Å². The second-order valence-electron chi connectivity index (χ2n) is 3.79. The number of nitrogens with one attached hydrogen (secondary N) is 2. The molecule has 1 heterocycles. The molecule has 2 atom stereocenters. The summed E-state index contributed by atoms with van der Waals surface area (Å²) in [4.78, 5) is 15.9. The number of hydrogen-bond donors (Lipinski definition) is 2. The SMILES string of the molecule is CNc1cnccc1C(=O)NC(C)CS(C)=O. The highest BCUT2D eigenvalue weighted by Gasteiger charge is 2.13. The first kappa shape index (κ1) is 13.6. The zero-order valence-corrected chi connectivity index (χ0v) is 11.0. The van der Waals surface area contributed by atoms with Crippen molar-refractivity contribution in [2.45, 2.75) is 13.0 Å². The van der Waals surface area contributed by atoms with Gasteiger partial charge in [-0.15, -0.1) is 0 Å². The molecule has 0 saturated carbocycles. The number of hydrogen-bond acceptors (Lipinski definition) is 4. The maximum Gasteiger partial charge on any atom is 0.253 e. The molecule has 2 N–H and O–H groups in total. The summed E-state index contributed by atoms with van der Waals surface area (Å²) in [6, 6.07) is 1.53. The fraction of sp³-hybridized carbons (Fsp3) is 0.455. The van der Waals surface area contributed by atoms with Crippen molar-refractivity contribution in [2.75, 3.05) is 24.4 Å². The number of amides is 1. The molecule has 0 aliphatic carbocycles. The molecule has 6 heteroatoms. The Kier molecular flexibility index (Phi) is 5.09. The van der Waals surface area contributed by atoms with Crippen LogP contribution in [0.4, 0.5) is 5.69 Å². The van der Waals surface area contributed by atoms with Crippen LogP contribution >= 0.6 is 0 Å². The summed E-state index contributed by atoms with van der Waals surface area (Å²) in [5.41, 5.74) is 1.21. The van der Waals surface area contributed by atoms with E-state index in [4.69, 9.17) is 0 Å². The molecular formula is C11H17N3O2S. The Morgan fingerprint density at radius 2 is 2.29 bits per heavy atom. The molecule has 0 saturated heterocycles. The molecule has 0 aliphatic heterocycles. The molecule has 0 bridgehead atoms. The summed E-state index contributed by atoms with van der Waals surface area (Å²) in [5, 5.41) is 5.71. The minimum Gasteiger partial charge on any atom is -0.386 e. The average molecular weight is 255 g/mol. The summed E-state index contributed by atoms with van der Waals surface area (Å²) >= 11 is 0. The van der Waals surface area contributed by atoms with Crippen LogP contribution in [0.1, 0.15) is 17.3 Å². The Labute approximate surface area is 103 Å². The van der Waals surface area contributed by atoms with Crippen LogP contribution in [-0.2, 0) is 10.8 Å². The third-order valence-corrected chi connectivity index (χ3v) is 3.17. The molecule has 0 spiro atoms. The average Bonchev–Trinajstić information content (AvgIpc) is 2.27. The summed E-state index contributed by atoms with van der Waals surface area (Å²) < 4.78 is 11.0. The van der Waals surface area contributed by atoms with Crippen molar-refractivity contribution >= 4 is 22.4 Å². The summed E-state index contributed by atoms with van der Waals surface area (Å²) in [6.07, 6.45) is 4.78. The Balaban J connectivity index is 2.72. The summed E-state index contributed by atoms with van der Waals surface area (Å²) in [6.45, 7) is 1.83. The Hall–Kier alpha value is -1.43. The number of aromatic nitrogens is 1. The molecule has 0 fully saturated rings. The van der Waals surface area contributed by atoms with Crippen LogP contribution in [0, 0.1) is 0 Å². The van der Waals surface area contributed by atoms with E-state index in [-0.39, 0.29) is 11.9 Å². The molecule has 1 aromatic heterocycles. The van der Waals surface area contributed by atoms with E-state index in [1.807, 2.05) is 6.92 Å². The molecule has 1 rings (SSSR count). The van der Waals surface area contributed by atoms with Crippen molar-refractivity contribution < 1.29 is 9.00 Å². The van der Waals surface area contributed by atoms with Gasteiger partial charge in [0, 0.05) is 42.1 Å². The number of pyridine rings is 1. The molecule has 17 heavy (non-hydrogen) atoms. The molecule has 1 amide bonds. The smallest absolute Gasteiger partial charge is 0.253 e. The van der Waals surface area contributed by atoms with E-state index in [0.29, 0.717) is 17.0 Å². The van der Waals surface area contributed by atoms with Gasteiger partial charge in [-0.3, -0.25) is 14.0 Å². The third kappa shape index (κ3) is 4.14. The number of nitrogens with zero attached hydrogens (tertiary/aromatic N) is 1. The van der Waals surface area contributed by atoms with E-state index in [0.717, 1.165) is 0 Å². The fourth-order valence-corrected chi connectivity index (χ4v) is 2.27. The highest BCUT2D eigenvalue weighted by atomic mass is 32.2. The van der Waals surface area contributed by atoms with E-state index in [1.54, 1.807) is 31.8 Å². The van der Waals surface area contributed by atoms with Gasteiger partial charge in [0.25, 0.3) is 5.91 Å². The normalized spacial score (nSPS) is 13.8. The topological polar surface area (TPSA) is 71.1 Å². The van der Waals surface area contributed by atoms with Crippen molar-refractivity contribution in [1.82, 2.24) is 10.3 Å². The number of rotatable bonds is 5. The van der Waals surface area contributed by atoms with E-state index < -0.39 is 10.8 Å². The van der Waals surface area contributed by atoms with Gasteiger partial charge in [-0.2, -0.15) is 0 Å². The zero-order valence-electron chi connectivity index (χ0n) is 10.2. The molecule has 94 valence electrons. The molecular weight excluding hydrogens is 238 g/mol. The van der Waals surface area contributed by atoms with Crippen LogP contribution < -0.4 is 10.6 Å². The Bertz CT molecular complexity index is 423. The van der Waals surface area contributed by atoms with Crippen LogP contribution in [-0.4, -0.2) is 40.2 Å². The van der Waals surface area contributed by atoms with Crippen LogP contribution in [0.25, 0.3) is 0 Å². The number of carbonyl (C=O) groups excluding carboxylic acids is 1. The van der Waals surface area contributed by atoms with Crippen LogP contribution in [0.3, 0.4) is 0 Å². The predicted octanol–water partition coefficient (Wildman–Crippen LogP) is 0.620. The van der Waals surface area contributed by atoms with Gasteiger partial charge in [0.15, 0.2) is 0 Å². The van der Waals surface area contributed by atoms with Gasteiger partial charge < -0.3 is 10.6 Å². The third-order valence-electron chi connectivity index (χ3n) is 2.20. The second-order valence-corrected chi connectivity index (χ2v) is 5.27. The summed E-state index contributed by atoms with van der Waals surface area (Å²) in [5.74, 6) is 0.265. The molecule has 5 nitrogen and oxygen atoms in total. The quantitative estimate of drug-likeness (QED) is 0.809.